The summed E-state index contributed by atoms with van der Waals surface area (Å²) in [6.07, 6.45) is 0.334. The molecule has 4 heteroatoms. The lowest BCUT2D eigenvalue weighted by atomic mass is 10.0. The SMILES string of the molecule is CSc1ccc(C(O)C(O)CCO)cc1. The molecule has 0 bridgehead atoms. The molecule has 0 saturated carbocycles. The van der Waals surface area contributed by atoms with Gasteiger partial charge in [0.15, 0.2) is 0 Å². The van der Waals surface area contributed by atoms with E-state index in [4.69, 9.17) is 5.11 Å². The van der Waals surface area contributed by atoms with Crippen molar-refractivity contribution in [1.82, 2.24) is 0 Å². The molecule has 0 aromatic heterocycles. The topological polar surface area (TPSA) is 60.7 Å². The third-order valence-electron chi connectivity index (χ3n) is 2.25. The smallest absolute Gasteiger partial charge is 0.105 e. The normalized spacial score (nSPS) is 14.9. The van der Waals surface area contributed by atoms with Gasteiger partial charge in [0, 0.05) is 11.5 Å². The molecule has 2 unspecified atom stereocenters. The maximum absolute atomic E-state index is 9.72. The van der Waals surface area contributed by atoms with Crippen molar-refractivity contribution in [3.63, 3.8) is 0 Å². The molecule has 84 valence electrons. The van der Waals surface area contributed by atoms with E-state index in [-0.39, 0.29) is 13.0 Å². The average molecular weight is 228 g/mol. The Morgan fingerprint density at radius 3 is 2.27 bits per heavy atom. The third-order valence-corrected chi connectivity index (χ3v) is 2.99. The number of hydrogen-bond donors (Lipinski definition) is 3. The summed E-state index contributed by atoms with van der Waals surface area (Å²) in [5.41, 5.74) is 0.675. The molecule has 0 aliphatic carbocycles. The van der Waals surface area contributed by atoms with E-state index in [1.54, 1.807) is 23.9 Å². The highest BCUT2D eigenvalue weighted by Crippen LogP contribution is 2.22. The monoisotopic (exact) mass is 228 g/mol. The molecule has 3 nitrogen and oxygen atoms in total. The van der Waals surface area contributed by atoms with Crippen LogP contribution >= 0.6 is 11.8 Å². The summed E-state index contributed by atoms with van der Waals surface area (Å²) in [7, 11) is 0. The van der Waals surface area contributed by atoms with Gasteiger partial charge in [-0.1, -0.05) is 12.1 Å². The van der Waals surface area contributed by atoms with Crippen molar-refractivity contribution in [2.45, 2.75) is 23.5 Å². The Bertz CT molecular complexity index is 286. The molecule has 0 saturated heterocycles. The molecular weight excluding hydrogens is 212 g/mol. The maximum atomic E-state index is 9.72. The van der Waals surface area contributed by atoms with E-state index in [0.29, 0.717) is 5.56 Å². The van der Waals surface area contributed by atoms with Gasteiger partial charge in [-0.25, -0.2) is 0 Å². The molecule has 0 radical (unpaired) electrons. The molecule has 3 N–H and O–H groups in total. The number of thioether (sulfide) groups is 1. The fourth-order valence-electron chi connectivity index (χ4n) is 1.31. The van der Waals surface area contributed by atoms with Crippen molar-refractivity contribution in [3.05, 3.63) is 29.8 Å². The maximum Gasteiger partial charge on any atom is 0.105 e. The molecule has 0 spiro atoms. The standard InChI is InChI=1S/C11H16O3S/c1-15-9-4-2-8(3-5-9)11(14)10(13)6-7-12/h2-5,10-14H,6-7H2,1H3. The van der Waals surface area contributed by atoms with Crippen molar-refractivity contribution < 1.29 is 15.3 Å². The van der Waals surface area contributed by atoms with Crippen molar-refractivity contribution >= 4 is 11.8 Å². The summed E-state index contributed by atoms with van der Waals surface area (Å²) >= 11 is 1.62. The van der Waals surface area contributed by atoms with E-state index in [1.165, 1.54) is 0 Å². The average Bonchev–Trinajstić information content (AvgIpc) is 2.28. The van der Waals surface area contributed by atoms with Crippen LogP contribution in [0.2, 0.25) is 0 Å². The molecule has 0 aliphatic heterocycles. The van der Waals surface area contributed by atoms with Gasteiger partial charge < -0.3 is 15.3 Å². The van der Waals surface area contributed by atoms with Crippen LogP contribution < -0.4 is 0 Å². The quantitative estimate of drug-likeness (QED) is 0.662. The number of benzene rings is 1. The molecule has 15 heavy (non-hydrogen) atoms. The Hall–Kier alpha value is -0.550. The van der Waals surface area contributed by atoms with Crippen LogP contribution in [0.1, 0.15) is 18.1 Å². The number of rotatable bonds is 5. The molecule has 0 fully saturated rings. The summed E-state index contributed by atoms with van der Waals surface area (Å²) in [5, 5.41) is 27.8. The zero-order valence-electron chi connectivity index (χ0n) is 8.63. The van der Waals surface area contributed by atoms with E-state index in [2.05, 4.69) is 0 Å². The van der Waals surface area contributed by atoms with Crippen LogP contribution in [-0.2, 0) is 0 Å². The highest BCUT2D eigenvalue weighted by Gasteiger charge is 2.17. The van der Waals surface area contributed by atoms with Crippen LogP contribution in [0.5, 0.6) is 0 Å². The second-order valence-electron chi connectivity index (χ2n) is 3.30. The van der Waals surface area contributed by atoms with Crippen molar-refractivity contribution in [2.24, 2.45) is 0 Å². The second kappa shape index (κ2) is 6.12. The molecular formula is C11H16O3S. The molecule has 2 atom stereocenters. The lowest BCUT2D eigenvalue weighted by Gasteiger charge is -2.17. The highest BCUT2D eigenvalue weighted by atomic mass is 32.2. The van der Waals surface area contributed by atoms with Gasteiger partial charge in [0.25, 0.3) is 0 Å². The third kappa shape index (κ3) is 3.50. The van der Waals surface area contributed by atoms with Crippen molar-refractivity contribution in [1.29, 1.82) is 0 Å². The fourth-order valence-corrected chi connectivity index (χ4v) is 1.72. The molecule has 0 amide bonds. The van der Waals surface area contributed by atoms with Gasteiger partial charge >= 0.3 is 0 Å². The lowest BCUT2D eigenvalue weighted by molar-refractivity contribution is 0.00419. The van der Waals surface area contributed by atoms with Gasteiger partial charge in [-0.3, -0.25) is 0 Å². The van der Waals surface area contributed by atoms with Gasteiger partial charge in [-0.15, -0.1) is 11.8 Å². The van der Waals surface area contributed by atoms with Crippen LogP contribution in [0.3, 0.4) is 0 Å². The van der Waals surface area contributed by atoms with Crippen LogP contribution in [0.25, 0.3) is 0 Å². The van der Waals surface area contributed by atoms with Gasteiger partial charge in [0.1, 0.15) is 6.10 Å². The zero-order valence-corrected chi connectivity index (χ0v) is 9.44. The first-order chi connectivity index (χ1) is 7.19. The van der Waals surface area contributed by atoms with E-state index in [0.717, 1.165) is 4.90 Å². The van der Waals surface area contributed by atoms with Crippen LogP contribution in [-0.4, -0.2) is 34.3 Å². The summed E-state index contributed by atoms with van der Waals surface area (Å²) in [5.74, 6) is 0. The largest absolute Gasteiger partial charge is 0.396 e. The Morgan fingerprint density at radius 2 is 1.80 bits per heavy atom. The van der Waals surface area contributed by atoms with E-state index in [1.807, 2.05) is 18.4 Å². The Labute approximate surface area is 93.8 Å². The minimum absolute atomic E-state index is 0.124. The van der Waals surface area contributed by atoms with E-state index in [9.17, 15) is 10.2 Å². The van der Waals surface area contributed by atoms with Gasteiger partial charge in [-0.2, -0.15) is 0 Å². The number of aliphatic hydroxyl groups excluding tert-OH is 3. The van der Waals surface area contributed by atoms with Gasteiger partial charge in [0.2, 0.25) is 0 Å². The van der Waals surface area contributed by atoms with Gasteiger partial charge in [-0.05, 0) is 30.4 Å². The first kappa shape index (κ1) is 12.5. The first-order valence-corrected chi connectivity index (χ1v) is 6.02. The Kier molecular flexibility index (Phi) is 5.11. The number of aliphatic hydroxyl groups is 3. The van der Waals surface area contributed by atoms with E-state index < -0.39 is 12.2 Å². The minimum atomic E-state index is -0.923. The fraction of sp³-hybridized carbons (Fsp3) is 0.455. The van der Waals surface area contributed by atoms with Crippen LogP contribution in [0.15, 0.2) is 29.2 Å². The predicted molar refractivity (Wildman–Crippen MR) is 60.9 cm³/mol. The Morgan fingerprint density at radius 1 is 1.20 bits per heavy atom. The molecule has 1 aromatic rings. The van der Waals surface area contributed by atoms with Crippen LogP contribution in [0, 0.1) is 0 Å². The molecule has 1 rings (SSSR count). The number of hydrogen-bond acceptors (Lipinski definition) is 4. The summed E-state index contributed by atoms with van der Waals surface area (Å²) < 4.78 is 0. The highest BCUT2D eigenvalue weighted by molar-refractivity contribution is 7.98. The minimum Gasteiger partial charge on any atom is -0.396 e. The summed E-state index contributed by atoms with van der Waals surface area (Å²) in [4.78, 5) is 1.11. The van der Waals surface area contributed by atoms with Gasteiger partial charge in [0.05, 0.1) is 6.10 Å². The summed E-state index contributed by atoms with van der Waals surface area (Å²) in [6, 6.07) is 7.37. The first-order valence-electron chi connectivity index (χ1n) is 4.80. The molecule has 1 aromatic carbocycles. The predicted octanol–water partition coefficient (Wildman–Crippen LogP) is 1.19. The second-order valence-corrected chi connectivity index (χ2v) is 4.18. The lowest BCUT2D eigenvalue weighted by Crippen LogP contribution is -2.19. The van der Waals surface area contributed by atoms with E-state index >= 15 is 0 Å². The van der Waals surface area contributed by atoms with Crippen molar-refractivity contribution in [2.75, 3.05) is 12.9 Å². The molecule has 0 aliphatic rings. The van der Waals surface area contributed by atoms with Crippen LogP contribution in [0.4, 0.5) is 0 Å². The zero-order chi connectivity index (χ0) is 11.3. The van der Waals surface area contributed by atoms with Crippen molar-refractivity contribution in [3.8, 4) is 0 Å². The summed E-state index contributed by atoms with van der Waals surface area (Å²) in [6.45, 7) is -0.124. The molecule has 0 heterocycles. The Balaban J connectivity index is 2.69.